The number of carbonyl (C=O) groups is 2. The molecule has 1 heterocycles. The van der Waals surface area contributed by atoms with Crippen LogP contribution in [0.1, 0.15) is 15.9 Å². The van der Waals surface area contributed by atoms with Gasteiger partial charge in [-0.1, -0.05) is 29.7 Å². The first-order valence-electron chi connectivity index (χ1n) is 8.82. The third-order valence-electron chi connectivity index (χ3n) is 4.52. The van der Waals surface area contributed by atoms with Gasteiger partial charge in [0.05, 0.1) is 19.8 Å². The lowest BCUT2D eigenvalue weighted by atomic mass is 9.96. The topological polar surface area (TPSA) is 82.1 Å². The van der Waals surface area contributed by atoms with E-state index in [4.69, 9.17) is 9.94 Å². The SMILES string of the molecule is Bc1ccc(N(Cc2ccc(C(=O)NO)cc2)C(=O)N2CCOCC2)cc1. The summed E-state index contributed by atoms with van der Waals surface area (Å²) in [5.74, 6) is -0.568. The number of hydrogen-bond donors (Lipinski definition) is 2. The quantitative estimate of drug-likeness (QED) is 0.469. The number of hydrogen-bond acceptors (Lipinski definition) is 4. The van der Waals surface area contributed by atoms with Crippen LogP contribution in [0.15, 0.2) is 48.5 Å². The van der Waals surface area contributed by atoms with Crippen molar-refractivity contribution in [1.29, 1.82) is 0 Å². The highest BCUT2D eigenvalue weighted by Gasteiger charge is 2.24. The van der Waals surface area contributed by atoms with E-state index in [1.165, 1.54) is 0 Å². The van der Waals surface area contributed by atoms with Crippen LogP contribution in [-0.2, 0) is 11.3 Å². The molecule has 140 valence electrons. The van der Waals surface area contributed by atoms with Crippen LogP contribution in [0.2, 0.25) is 0 Å². The summed E-state index contributed by atoms with van der Waals surface area (Å²) in [4.78, 5) is 28.1. The van der Waals surface area contributed by atoms with Crippen molar-refractivity contribution < 1.29 is 19.5 Å². The Balaban J connectivity index is 1.83. The summed E-state index contributed by atoms with van der Waals surface area (Å²) in [6, 6.07) is 14.5. The molecule has 0 saturated carbocycles. The monoisotopic (exact) mass is 367 g/mol. The van der Waals surface area contributed by atoms with Crippen molar-refractivity contribution in [3.8, 4) is 0 Å². The first-order valence-corrected chi connectivity index (χ1v) is 8.82. The number of anilines is 1. The van der Waals surface area contributed by atoms with Crippen LogP contribution < -0.4 is 15.8 Å². The van der Waals surface area contributed by atoms with Gasteiger partial charge >= 0.3 is 6.03 Å². The Morgan fingerprint density at radius 2 is 1.70 bits per heavy atom. The molecule has 0 aromatic heterocycles. The first kappa shape index (κ1) is 18.9. The standard InChI is InChI=1S/C19H22BN3O4/c20-16-5-7-17(8-6-16)23(19(25)22-9-11-27-12-10-22)13-14-1-3-15(4-2-14)18(24)21-26/h1-8,26H,9-13,20H2,(H,21,24). The molecule has 2 aromatic carbocycles. The van der Waals surface area contributed by atoms with E-state index in [1.807, 2.05) is 32.1 Å². The molecule has 0 radical (unpaired) electrons. The van der Waals surface area contributed by atoms with E-state index in [1.54, 1.807) is 39.5 Å². The Morgan fingerprint density at radius 1 is 1.07 bits per heavy atom. The smallest absolute Gasteiger partial charge is 0.324 e. The molecule has 8 heteroatoms. The fourth-order valence-electron chi connectivity index (χ4n) is 2.93. The third kappa shape index (κ3) is 4.66. The van der Waals surface area contributed by atoms with Crippen molar-refractivity contribution in [1.82, 2.24) is 10.4 Å². The average Bonchev–Trinajstić information content (AvgIpc) is 2.73. The molecule has 1 saturated heterocycles. The molecule has 2 aromatic rings. The van der Waals surface area contributed by atoms with Crippen molar-refractivity contribution in [2.75, 3.05) is 31.2 Å². The lowest BCUT2D eigenvalue weighted by Crippen LogP contribution is -2.48. The summed E-state index contributed by atoms with van der Waals surface area (Å²) in [6.45, 7) is 2.59. The van der Waals surface area contributed by atoms with Gasteiger partial charge in [-0.15, -0.1) is 0 Å². The van der Waals surface area contributed by atoms with Crippen molar-refractivity contribution in [2.24, 2.45) is 0 Å². The number of nitrogens with one attached hydrogen (secondary N) is 1. The number of ether oxygens (including phenoxy) is 1. The third-order valence-corrected chi connectivity index (χ3v) is 4.52. The zero-order chi connectivity index (χ0) is 19.2. The van der Waals surface area contributed by atoms with Gasteiger partial charge in [0.25, 0.3) is 5.91 Å². The molecule has 0 unspecified atom stereocenters. The van der Waals surface area contributed by atoms with Gasteiger partial charge < -0.3 is 9.64 Å². The second-order valence-corrected chi connectivity index (χ2v) is 6.44. The molecular weight excluding hydrogens is 345 g/mol. The molecule has 0 spiro atoms. The average molecular weight is 367 g/mol. The number of urea groups is 1. The molecule has 27 heavy (non-hydrogen) atoms. The van der Waals surface area contributed by atoms with Crippen molar-refractivity contribution in [3.05, 3.63) is 59.7 Å². The van der Waals surface area contributed by atoms with E-state index in [9.17, 15) is 9.59 Å². The van der Waals surface area contributed by atoms with Crippen molar-refractivity contribution >= 4 is 30.9 Å². The van der Waals surface area contributed by atoms with Gasteiger partial charge in [0.15, 0.2) is 0 Å². The van der Waals surface area contributed by atoms with E-state index in [2.05, 4.69) is 0 Å². The molecule has 1 fully saturated rings. The zero-order valence-corrected chi connectivity index (χ0v) is 15.2. The number of benzene rings is 2. The number of carbonyl (C=O) groups excluding carboxylic acids is 2. The van der Waals surface area contributed by atoms with Gasteiger partial charge in [0, 0.05) is 24.3 Å². The van der Waals surface area contributed by atoms with Crippen molar-refractivity contribution in [2.45, 2.75) is 6.54 Å². The minimum atomic E-state index is -0.568. The molecule has 7 nitrogen and oxygen atoms in total. The van der Waals surface area contributed by atoms with Gasteiger partial charge in [-0.3, -0.25) is 14.9 Å². The summed E-state index contributed by atoms with van der Waals surface area (Å²) < 4.78 is 5.34. The van der Waals surface area contributed by atoms with Crippen molar-refractivity contribution in [3.63, 3.8) is 0 Å². The maximum atomic E-state index is 13.1. The Labute approximate surface area is 158 Å². The molecular formula is C19H22BN3O4. The zero-order valence-electron chi connectivity index (χ0n) is 15.2. The van der Waals surface area contributed by atoms with Crippen LogP contribution in [0.5, 0.6) is 0 Å². The van der Waals surface area contributed by atoms with Gasteiger partial charge in [-0.05, 0) is 29.8 Å². The molecule has 0 bridgehead atoms. The fraction of sp³-hybridized carbons (Fsp3) is 0.263. The molecule has 2 N–H and O–H groups in total. The van der Waals surface area contributed by atoms with Crippen LogP contribution in [0.25, 0.3) is 0 Å². The normalized spacial score (nSPS) is 13.9. The van der Waals surface area contributed by atoms with Gasteiger partial charge in [0.1, 0.15) is 7.85 Å². The number of nitrogens with zero attached hydrogens (tertiary/aromatic N) is 2. The van der Waals surface area contributed by atoms with E-state index in [-0.39, 0.29) is 6.03 Å². The minimum Gasteiger partial charge on any atom is -0.378 e. The lowest BCUT2D eigenvalue weighted by Gasteiger charge is -2.33. The minimum absolute atomic E-state index is 0.0701. The summed E-state index contributed by atoms with van der Waals surface area (Å²) in [7, 11) is 2.00. The van der Waals surface area contributed by atoms with E-state index in [0.717, 1.165) is 16.7 Å². The summed E-state index contributed by atoms with van der Waals surface area (Å²) in [5, 5.41) is 8.72. The van der Waals surface area contributed by atoms with E-state index < -0.39 is 5.91 Å². The molecule has 3 amide bonds. The van der Waals surface area contributed by atoms with Crippen LogP contribution >= 0.6 is 0 Å². The predicted molar refractivity (Wildman–Crippen MR) is 104 cm³/mol. The highest BCUT2D eigenvalue weighted by Crippen LogP contribution is 2.19. The molecule has 3 rings (SSSR count). The summed E-state index contributed by atoms with van der Waals surface area (Å²) in [6.07, 6.45) is 0. The summed E-state index contributed by atoms with van der Waals surface area (Å²) in [5.41, 5.74) is 4.78. The fourth-order valence-corrected chi connectivity index (χ4v) is 2.93. The van der Waals surface area contributed by atoms with Gasteiger partial charge in [-0.25, -0.2) is 10.3 Å². The molecule has 0 aliphatic carbocycles. The first-order chi connectivity index (χ1) is 13.1. The van der Waals surface area contributed by atoms with Crippen LogP contribution in [0.3, 0.4) is 0 Å². The Kier molecular flexibility index (Phi) is 6.10. The van der Waals surface area contributed by atoms with Crippen LogP contribution in [-0.4, -0.2) is 56.2 Å². The van der Waals surface area contributed by atoms with Crippen LogP contribution in [0, 0.1) is 0 Å². The lowest BCUT2D eigenvalue weighted by molar-refractivity contribution is 0.0548. The Bertz CT molecular complexity index is 790. The van der Waals surface area contributed by atoms with Gasteiger partial charge in [0.2, 0.25) is 0 Å². The largest absolute Gasteiger partial charge is 0.378 e. The number of rotatable bonds is 4. The second kappa shape index (κ2) is 8.70. The number of hydroxylamine groups is 1. The summed E-state index contributed by atoms with van der Waals surface area (Å²) >= 11 is 0. The number of amides is 3. The van der Waals surface area contributed by atoms with E-state index in [0.29, 0.717) is 38.4 Å². The molecule has 0 atom stereocenters. The van der Waals surface area contributed by atoms with Crippen LogP contribution in [0.4, 0.5) is 10.5 Å². The highest BCUT2D eigenvalue weighted by molar-refractivity contribution is 6.32. The molecule has 1 aliphatic heterocycles. The maximum Gasteiger partial charge on any atom is 0.324 e. The van der Waals surface area contributed by atoms with Gasteiger partial charge in [-0.2, -0.15) is 0 Å². The Morgan fingerprint density at radius 3 is 2.30 bits per heavy atom. The molecule has 1 aliphatic rings. The second-order valence-electron chi connectivity index (χ2n) is 6.44. The maximum absolute atomic E-state index is 13.1. The predicted octanol–water partition coefficient (Wildman–Crippen LogP) is 0.523. The number of morpholine rings is 1. The van der Waals surface area contributed by atoms with E-state index >= 15 is 0 Å². The Hall–Kier alpha value is -2.84. The highest BCUT2D eigenvalue weighted by atomic mass is 16.5.